The molecule has 0 radical (unpaired) electrons. The van der Waals surface area contributed by atoms with E-state index in [0.29, 0.717) is 6.54 Å². The van der Waals surface area contributed by atoms with Crippen molar-refractivity contribution >= 4 is 17.9 Å². The molecule has 0 spiro atoms. The first-order valence-corrected chi connectivity index (χ1v) is 8.73. The Morgan fingerprint density at radius 3 is 2.33 bits per heavy atom. The number of imide groups is 1. The highest BCUT2D eigenvalue weighted by molar-refractivity contribution is 5.97. The quantitative estimate of drug-likeness (QED) is 0.768. The smallest absolute Gasteiger partial charge is 0.321 e. The second-order valence-electron chi connectivity index (χ2n) is 6.39. The third-order valence-electron chi connectivity index (χ3n) is 4.13. The summed E-state index contributed by atoms with van der Waals surface area (Å²) in [6.45, 7) is 5.68. The first-order chi connectivity index (χ1) is 12.8. The first kappa shape index (κ1) is 20.2. The number of esters is 1. The van der Waals surface area contributed by atoms with E-state index in [4.69, 9.17) is 4.74 Å². The van der Waals surface area contributed by atoms with Crippen LogP contribution >= 0.6 is 0 Å². The lowest BCUT2D eigenvalue weighted by Crippen LogP contribution is -2.44. The van der Waals surface area contributed by atoms with Crippen LogP contribution in [0.4, 0.5) is 4.79 Å². The molecule has 2 aromatic carbocycles. The summed E-state index contributed by atoms with van der Waals surface area (Å²) < 4.78 is 5.12. The average Bonchev–Trinajstić information content (AvgIpc) is 2.63. The van der Waals surface area contributed by atoms with E-state index in [-0.39, 0.29) is 6.42 Å². The van der Waals surface area contributed by atoms with E-state index < -0.39 is 24.0 Å². The van der Waals surface area contributed by atoms with E-state index in [1.54, 1.807) is 0 Å². The average molecular weight is 368 g/mol. The van der Waals surface area contributed by atoms with Crippen LogP contribution in [0.25, 0.3) is 0 Å². The Labute approximate surface area is 158 Å². The summed E-state index contributed by atoms with van der Waals surface area (Å²) >= 11 is 0. The van der Waals surface area contributed by atoms with Crippen LogP contribution in [0.2, 0.25) is 0 Å². The third-order valence-corrected chi connectivity index (χ3v) is 4.13. The maximum atomic E-state index is 12.0. The third kappa shape index (κ3) is 6.58. The fourth-order valence-corrected chi connectivity index (χ4v) is 2.41. The molecule has 2 rings (SSSR count). The number of benzene rings is 2. The molecule has 0 aliphatic rings. The molecular formula is C21H24N2O4. The number of urea groups is 1. The van der Waals surface area contributed by atoms with Crippen LogP contribution in [0.15, 0.2) is 48.5 Å². The minimum absolute atomic E-state index is 0.0684. The summed E-state index contributed by atoms with van der Waals surface area (Å²) in [5.41, 5.74) is 3.95. The topological polar surface area (TPSA) is 84.5 Å². The lowest BCUT2D eigenvalue weighted by Gasteiger charge is -2.14. The van der Waals surface area contributed by atoms with Crippen molar-refractivity contribution < 1.29 is 19.1 Å². The van der Waals surface area contributed by atoms with Crippen molar-refractivity contribution in [3.8, 4) is 0 Å². The van der Waals surface area contributed by atoms with Gasteiger partial charge in [0.05, 0.1) is 6.42 Å². The van der Waals surface area contributed by atoms with Crippen molar-refractivity contribution in [2.45, 2.75) is 39.8 Å². The Morgan fingerprint density at radius 2 is 1.67 bits per heavy atom. The number of carbonyl (C=O) groups excluding carboxylic acids is 3. The standard InChI is InChI=1S/C21H24N2O4/c1-14-9-10-18(11-15(14)2)12-19(24)27-16(3)20(25)23-21(26)22-13-17-7-5-4-6-8-17/h4-11,16H,12-13H2,1-3H3,(H2,22,23,25,26)/t16-/m1/s1. The van der Waals surface area contributed by atoms with Crippen LogP contribution in [0.3, 0.4) is 0 Å². The van der Waals surface area contributed by atoms with Gasteiger partial charge in [0.25, 0.3) is 5.91 Å². The second kappa shape index (κ2) is 9.52. The molecule has 142 valence electrons. The maximum Gasteiger partial charge on any atom is 0.321 e. The summed E-state index contributed by atoms with van der Waals surface area (Å²) in [5, 5.41) is 4.75. The van der Waals surface area contributed by atoms with Gasteiger partial charge in [0.15, 0.2) is 6.10 Å². The Bertz CT molecular complexity index is 818. The largest absolute Gasteiger partial charge is 0.452 e. The van der Waals surface area contributed by atoms with Gasteiger partial charge < -0.3 is 10.1 Å². The Kier molecular flexibility index (Phi) is 7.11. The normalized spacial score (nSPS) is 11.4. The summed E-state index contributed by atoms with van der Waals surface area (Å²) in [6.07, 6.45) is -0.995. The van der Waals surface area contributed by atoms with Gasteiger partial charge in [-0.1, -0.05) is 48.5 Å². The number of ether oxygens (including phenoxy) is 1. The molecule has 0 aromatic heterocycles. The van der Waals surface area contributed by atoms with Crippen molar-refractivity contribution in [3.05, 3.63) is 70.8 Å². The molecule has 2 aromatic rings. The highest BCUT2D eigenvalue weighted by Gasteiger charge is 2.20. The molecule has 1 atom stereocenters. The number of hydrogen-bond donors (Lipinski definition) is 2. The van der Waals surface area contributed by atoms with E-state index in [2.05, 4.69) is 10.6 Å². The molecule has 27 heavy (non-hydrogen) atoms. The van der Waals surface area contributed by atoms with Crippen molar-refractivity contribution in [2.75, 3.05) is 0 Å². The monoisotopic (exact) mass is 368 g/mol. The van der Waals surface area contributed by atoms with E-state index in [0.717, 1.165) is 22.3 Å². The van der Waals surface area contributed by atoms with Gasteiger partial charge in [-0.25, -0.2) is 4.79 Å². The highest BCUT2D eigenvalue weighted by atomic mass is 16.5. The molecule has 0 fully saturated rings. The molecule has 0 bridgehead atoms. The van der Waals surface area contributed by atoms with E-state index >= 15 is 0 Å². The van der Waals surface area contributed by atoms with Gasteiger partial charge in [-0.2, -0.15) is 0 Å². The fraction of sp³-hybridized carbons (Fsp3) is 0.286. The molecule has 3 amide bonds. The number of hydrogen-bond acceptors (Lipinski definition) is 4. The molecule has 0 aliphatic heterocycles. The SMILES string of the molecule is Cc1ccc(CC(=O)O[C@H](C)C(=O)NC(=O)NCc2ccccc2)cc1C. The van der Waals surface area contributed by atoms with E-state index in [1.807, 2.05) is 62.4 Å². The molecule has 0 saturated carbocycles. The van der Waals surface area contributed by atoms with Gasteiger partial charge >= 0.3 is 12.0 Å². The zero-order valence-corrected chi connectivity index (χ0v) is 15.7. The van der Waals surface area contributed by atoms with Gasteiger partial charge in [-0.3, -0.25) is 14.9 Å². The van der Waals surface area contributed by atoms with Crippen LogP contribution in [-0.4, -0.2) is 24.0 Å². The Morgan fingerprint density at radius 1 is 0.963 bits per heavy atom. The van der Waals surface area contributed by atoms with Crippen molar-refractivity contribution in [1.82, 2.24) is 10.6 Å². The van der Waals surface area contributed by atoms with Gasteiger partial charge in [0.2, 0.25) is 0 Å². The van der Waals surface area contributed by atoms with Crippen molar-refractivity contribution in [3.63, 3.8) is 0 Å². The van der Waals surface area contributed by atoms with Crippen LogP contribution in [0.5, 0.6) is 0 Å². The summed E-state index contributed by atoms with van der Waals surface area (Å²) in [5.74, 6) is -1.19. The fourth-order valence-electron chi connectivity index (χ4n) is 2.41. The van der Waals surface area contributed by atoms with E-state index in [9.17, 15) is 14.4 Å². The van der Waals surface area contributed by atoms with Crippen LogP contribution in [0.1, 0.15) is 29.2 Å². The molecular weight excluding hydrogens is 344 g/mol. The molecule has 2 N–H and O–H groups in total. The lowest BCUT2D eigenvalue weighted by atomic mass is 10.0. The molecule has 0 unspecified atom stereocenters. The maximum absolute atomic E-state index is 12.0. The minimum Gasteiger partial charge on any atom is -0.452 e. The van der Waals surface area contributed by atoms with Gasteiger partial charge in [0.1, 0.15) is 0 Å². The van der Waals surface area contributed by atoms with Crippen molar-refractivity contribution in [1.29, 1.82) is 0 Å². The minimum atomic E-state index is -1.06. The highest BCUT2D eigenvalue weighted by Crippen LogP contribution is 2.11. The molecule has 6 nitrogen and oxygen atoms in total. The summed E-state index contributed by atoms with van der Waals surface area (Å²) in [7, 11) is 0. The van der Waals surface area contributed by atoms with Crippen LogP contribution in [-0.2, 0) is 27.3 Å². The van der Waals surface area contributed by atoms with Gasteiger partial charge in [-0.15, -0.1) is 0 Å². The van der Waals surface area contributed by atoms with Gasteiger partial charge in [0, 0.05) is 6.54 Å². The second-order valence-corrected chi connectivity index (χ2v) is 6.39. The summed E-state index contributed by atoms with van der Waals surface area (Å²) in [6, 6.07) is 14.4. The molecule has 0 saturated heterocycles. The number of nitrogens with one attached hydrogen (secondary N) is 2. The number of carbonyl (C=O) groups is 3. The van der Waals surface area contributed by atoms with Crippen LogP contribution < -0.4 is 10.6 Å². The van der Waals surface area contributed by atoms with Crippen LogP contribution in [0, 0.1) is 13.8 Å². The lowest BCUT2D eigenvalue weighted by molar-refractivity contribution is -0.153. The Balaban J connectivity index is 1.77. The molecule has 0 aliphatic carbocycles. The predicted octanol–water partition coefficient (Wildman–Crippen LogP) is 2.80. The number of rotatable bonds is 6. The zero-order chi connectivity index (χ0) is 19.8. The number of aryl methyl sites for hydroxylation is 2. The zero-order valence-electron chi connectivity index (χ0n) is 15.7. The predicted molar refractivity (Wildman–Crippen MR) is 102 cm³/mol. The first-order valence-electron chi connectivity index (χ1n) is 8.73. The number of amides is 3. The molecule has 0 heterocycles. The van der Waals surface area contributed by atoms with Crippen molar-refractivity contribution in [2.24, 2.45) is 0 Å². The summed E-state index contributed by atoms with van der Waals surface area (Å²) in [4.78, 5) is 35.8. The molecule has 6 heteroatoms. The van der Waals surface area contributed by atoms with E-state index in [1.165, 1.54) is 6.92 Å². The Hall–Kier alpha value is -3.15. The van der Waals surface area contributed by atoms with Gasteiger partial charge in [-0.05, 0) is 43.0 Å².